The molecule has 0 atom stereocenters. The maximum absolute atomic E-state index is 5.45. The summed E-state index contributed by atoms with van der Waals surface area (Å²) in [6, 6.07) is 12.4. The van der Waals surface area contributed by atoms with Crippen LogP contribution in [0.25, 0.3) is 21.1 Å². The van der Waals surface area contributed by atoms with Crippen LogP contribution in [0.5, 0.6) is 0 Å². The molecular weight excluding hydrogens is 320 g/mol. The van der Waals surface area contributed by atoms with Crippen LogP contribution in [0.2, 0.25) is 0 Å². The van der Waals surface area contributed by atoms with E-state index in [1.165, 1.54) is 0 Å². The topological polar surface area (TPSA) is 54.0 Å². The molecule has 24 heavy (non-hydrogen) atoms. The Morgan fingerprint density at radius 1 is 1.21 bits per heavy atom. The number of hydrogen-bond acceptors (Lipinski definition) is 5. The first-order valence-electron chi connectivity index (χ1n) is 8.17. The lowest BCUT2D eigenvalue weighted by molar-refractivity contribution is 0.0338. The second-order valence-corrected chi connectivity index (χ2v) is 6.98. The van der Waals surface area contributed by atoms with Crippen LogP contribution in [-0.4, -0.2) is 46.4 Å². The molecule has 4 rings (SSSR count). The Hall–Kier alpha value is -2.02. The number of rotatable bonds is 4. The summed E-state index contributed by atoms with van der Waals surface area (Å²) in [6.45, 7) is 6.37. The highest BCUT2D eigenvalue weighted by Gasteiger charge is 2.20. The van der Waals surface area contributed by atoms with E-state index in [9.17, 15) is 0 Å². The van der Waals surface area contributed by atoms with Crippen LogP contribution in [0.1, 0.15) is 11.4 Å². The zero-order chi connectivity index (χ0) is 16.4. The van der Waals surface area contributed by atoms with E-state index < -0.39 is 0 Å². The number of nitrogens with zero attached hydrogens (tertiary/aromatic N) is 3. The Bertz CT molecular complexity index is 806. The fourth-order valence-corrected chi connectivity index (χ4v) is 3.91. The summed E-state index contributed by atoms with van der Waals surface area (Å²) in [5.41, 5.74) is 4.31. The third kappa shape index (κ3) is 3.26. The van der Waals surface area contributed by atoms with Crippen LogP contribution in [0.3, 0.4) is 0 Å². The largest absolute Gasteiger partial charge is 0.379 e. The molecule has 0 saturated carbocycles. The molecule has 2 aromatic heterocycles. The molecule has 1 saturated heterocycles. The van der Waals surface area contributed by atoms with E-state index in [0.29, 0.717) is 0 Å². The molecule has 1 N–H and O–H groups in total. The molecule has 1 aliphatic rings. The van der Waals surface area contributed by atoms with E-state index in [-0.39, 0.29) is 0 Å². The van der Waals surface area contributed by atoms with Gasteiger partial charge in [0.25, 0.3) is 0 Å². The molecule has 0 unspecified atom stereocenters. The number of hydrogen-bond donors (Lipinski definition) is 1. The molecule has 0 amide bonds. The van der Waals surface area contributed by atoms with Crippen LogP contribution in [0.4, 0.5) is 0 Å². The van der Waals surface area contributed by atoms with E-state index in [1.807, 2.05) is 13.0 Å². The summed E-state index contributed by atoms with van der Waals surface area (Å²) < 4.78 is 5.45. The standard InChI is InChI=1S/C18H20N4OS/c1-13-11-15(21-20-13)17-16(12-22-7-9-23-10-8-22)19-18(24-17)14-5-3-2-4-6-14/h2-6,11H,7-10,12H2,1H3,(H,20,21). The highest BCUT2D eigenvalue weighted by atomic mass is 32.1. The number of aromatic amines is 1. The van der Waals surface area contributed by atoms with E-state index >= 15 is 0 Å². The Labute approximate surface area is 145 Å². The van der Waals surface area contributed by atoms with Gasteiger partial charge in [0.05, 0.1) is 23.8 Å². The second-order valence-electron chi connectivity index (χ2n) is 5.99. The van der Waals surface area contributed by atoms with Crippen molar-refractivity contribution in [2.45, 2.75) is 13.5 Å². The molecule has 3 heterocycles. The van der Waals surface area contributed by atoms with Crippen LogP contribution < -0.4 is 0 Å². The summed E-state index contributed by atoms with van der Waals surface area (Å²) in [5, 5.41) is 8.54. The monoisotopic (exact) mass is 340 g/mol. The van der Waals surface area contributed by atoms with Crippen LogP contribution in [-0.2, 0) is 11.3 Å². The Morgan fingerprint density at radius 2 is 2.00 bits per heavy atom. The summed E-state index contributed by atoms with van der Waals surface area (Å²) >= 11 is 1.72. The number of benzene rings is 1. The Kier molecular flexibility index (Phi) is 4.42. The van der Waals surface area contributed by atoms with Gasteiger partial charge in [0.2, 0.25) is 0 Å². The number of ether oxygens (including phenoxy) is 1. The minimum atomic E-state index is 0.798. The maximum atomic E-state index is 5.45. The first kappa shape index (κ1) is 15.5. The number of aryl methyl sites for hydroxylation is 1. The second kappa shape index (κ2) is 6.84. The lowest BCUT2D eigenvalue weighted by Gasteiger charge is -2.26. The van der Waals surface area contributed by atoms with Gasteiger partial charge in [0.1, 0.15) is 10.7 Å². The van der Waals surface area contributed by atoms with Gasteiger partial charge in [0, 0.05) is 30.9 Å². The van der Waals surface area contributed by atoms with Crippen molar-refractivity contribution in [3.63, 3.8) is 0 Å². The summed E-state index contributed by atoms with van der Waals surface area (Å²) in [4.78, 5) is 8.50. The molecule has 0 radical (unpaired) electrons. The molecule has 3 aromatic rings. The van der Waals surface area contributed by atoms with Gasteiger partial charge < -0.3 is 4.74 Å². The van der Waals surface area contributed by atoms with Crippen LogP contribution in [0, 0.1) is 6.92 Å². The highest BCUT2D eigenvalue weighted by Crippen LogP contribution is 2.35. The number of aromatic nitrogens is 3. The number of nitrogens with one attached hydrogen (secondary N) is 1. The quantitative estimate of drug-likeness (QED) is 0.791. The van der Waals surface area contributed by atoms with E-state index in [1.54, 1.807) is 11.3 Å². The van der Waals surface area contributed by atoms with Crippen molar-refractivity contribution in [3.8, 4) is 21.1 Å². The van der Waals surface area contributed by atoms with Crippen molar-refractivity contribution in [1.29, 1.82) is 0 Å². The molecular formula is C18H20N4OS. The minimum Gasteiger partial charge on any atom is -0.379 e. The highest BCUT2D eigenvalue weighted by molar-refractivity contribution is 7.18. The van der Waals surface area contributed by atoms with Gasteiger partial charge in [-0.2, -0.15) is 5.10 Å². The number of thiazole rings is 1. The molecule has 6 heteroatoms. The zero-order valence-corrected chi connectivity index (χ0v) is 14.5. The van der Waals surface area contributed by atoms with Gasteiger partial charge in [-0.05, 0) is 13.0 Å². The molecule has 0 bridgehead atoms. The molecule has 5 nitrogen and oxygen atoms in total. The van der Waals surface area contributed by atoms with Crippen molar-refractivity contribution in [2.24, 2.45) is 0 Å². The van der Waals surface area contributed by atoms with Crippen molar-refractivity contribution in [2.75, 3.05) is 26.3 Å². The van der Waals surface area contributed by atoms with Crippen LogP contribution >= 0.6 is 11.3 Å². The van der Waals surface area contributed by atoms with Gasteiger partial charge in [0.15, 0.2) is 0 Å². The third-order valence-electron chi connectivity index (χ3n) is 4.13. The zero-order valence-electron chi connectivity index (χ0n) is 13.7. The van der Waals surface area contributed by atoms with E-state index in [4.69, 9.17) is 9.72 Å². The number of H-pyrrole nitrogens is 1. The Morgan fingerprint density at radius 3 is 2.71 bits per heavy atom. The van der Waals surface area contributed by atoms with Gasteiger partial charge in [-0.3, -0.25) is 10.00 Å². The van der Waals surface area contributed by atoms with Crippen molar-refractivity contribution >= 4 is 11.3 Å². The lowest BCUT2D eigenvalue weighted by atomic mass is 10.2. The predicted molar refractivity (Wildman–Crippen MR) is 96.0 cm³/mol. The molecule has 0 spiro atoms. The lowest BCUT2D eigenvalue weighted by Crippen LogP contribution is -2.35. The SMILES string of the molecule is Cc1cc(-c2sc(-c3ccccc3)nc2CN2CCOCC2)n[nH]1. The fraction of sp³-hybridized carbons (Fsp3) is 0.333. The van der Waals surface area contributed by atoms with Crippen molar-refractivity contribution in [1.82, 2.24) is 20.1 Å². The molecule has 1 fully saturated rings. The van der Waals surface area contributed by atoms with Gasteiger partial charge in [-0.1, -0.05) is 30.3 Å². The van der Waals surface area contributed by atoms with Gasteiger partial charge in [-0.25, -0.2) is 4.98 Å². The van der Waals surface area contributed by atoms with Crippen molar-refractivity contribution in [3.05, 3.63) is 47.8 Å². The first-order valence-corrected chi connectivity index (χ1v) is 8.99. The third-order valence-corrected chi connectivity index (χ3v) is 5.30. The summed E-state index contributed by atoms with van der Waals surface area (Å²) in [7, 11) is 0. The summed E-state index contributed by atoms with van der Waals surface area (Å²) in [6.07, 6.45) is 0. The van der Waals surface area contributed by atoms with E-state index in [2.05, 4.69) is 45.4 Å². The fourth-order valence-electron chi connectivity index (χ4n) is 2.87. The predicted octanol–water partition coefficient (Wildman–Crippen LogP) is 3.34. The van der Waals surface area contributed by atoms with Gasteiger partial charge >= 0.3 is 0 Å². The van der Waals surface area contributed by atoms with Crippen molar-refractivity contribution < 1.29 is 4.74 Å². The molecule has 0 aliphatic carbocycles. The molecule has 1 aliphatic heterocycles. The normalized spacial score (nSPS) is 15.7. The van der Waals surface area contributed by atoms with E-state index in [0.717, 1.165) is 65.4 Å². The molecule has 1 aromatic carbocycles. The Balaban J connectivity index is 1.70. The maximum Gasteiger partial charge on any atom is 0.124 e. The summed E-state index contributed by atoms with van der Waals surface area (Å²) in [5.74, 6) is 0. The smallest absolute Gasteiger partial charge is 0.124 e. The average Bonchev–Trinajstić information content (AvgIpc) is 3.23. The number of morpholine rings is 1. The van der Waals surface area contributed by atoms with Crippen LogP contribution in [0.15, 0.2) is 36.4 Å². The molecule has 124 valence electrons. The average molecular weight is 340 g/mol. The minimum absolute atomic E-state index is 0.798. The van der Waals surface area contributed by atoms with Gasteiger partial charge in [-0.15, -0.1) is 11.3 Å². The first-order chi connectivity index (χ1) is 11.8.